The van der Waals surface area contributed by atoms with E-state index < -0.39 is 97.5 Å². The molecule has 0 aromatic carbocycles. The quantitative estimate of drug-likeness (QED) is 0.0169. The highest BCUT2D eigenvalue weighted by Crippen LogP contribution is 2.45. The molecule has 0 aliphatic rings. The second-order valence-electron chi connectivity index (χ2n) is 26.6. The lowest BCUT2D eigenvalue weighted by Gasteiger charge is -2.21. The Kier molecular flexibility index (Phi) is 73.9. The van der Waals surface area contributed by atoms with Gasteiger partial charge in [0.25, 0.3) is 0 Å². The van der Waals surface area contributed by atoms with Crippen molar-refractivity contribution in [3.63, 3.8) is 0 Å². The smallest absolute Gasteiger partial charge is 0.462 e. The highest BCUT2D eigenvalue weighted by atomic mass is 31.2. The van der Waals surface area contributed by atoms with E-state index >= 15 is 0 Å². The molecular formula is C87H144O17P2. The third kappa shape index (κ3) is 76.9. The van der Waals surface area contributed by atoms with E-state index in [0.717, 1.165) is 135 Å². The Balaban J connectivity index is 5.53. The number of esters is 4. The van der Waals surface area contributed by atoms with Gasteiger partial charge in [0.15, 0.2) is 12.2 Å². The van der Waals surface area contributed by atoms with Gasteiger partial charge in [-0.1, -0.05) is 282 Å². The third-order valence-corrected chi connectivity index (χ3v) is 18.4. The maximum Gasteiger partial charge on any atom is 0.472 e. The van der Waals surface area contributed by atoms with Crippen molar-refractivity contribution in [1.82, 2.24) is 0 Å². The summed E-state index contributed by atoms with van der Waals surface area (Å²) >= 11 is 0. The molecule has 0 rings (SSSR count). The minimum Gasteiger partial charge on any atom is -0.462 e. The second kappa shape index (κ2) is 77.8. The summed E-state index contributed by atoms with van der Waals surface area (Å²) in [7, 11) is -10.0. The van der Waals surface area contributed by atoms with Crippen LogP contribution in [0.4, 0.5) is 0 Å². The van der Waals surface area contributed by atoms with Gasteiger partial charge in [0, 0.05) is 25.7 Å². The van der Waals surface area contributed by atoms with Gasteiger partial charge in [-0.15, -0.1) is 0 Å². The molecule has 0 heterocycles. The fourth-order valence-corrected chi connectivity index (χ4v) is 11.8. The van der Waals surface area contributed by atoms with Crippen LogP contribution in [0.15, 0.2) is 158 Å². The van der Waals surface area contributed by atoms with Gasteiger partial charge in [-0.2, -0.15) is 0 Å². The van der Waals surface area contributed by atoms with E-state index in [0.29, 0.717) is 38.5 Å². The van der Waals surface area contributed by atoms with Crippen LogP contribution in [0.1, 0.15) is 310 Å². The largest absolute Gasteiger partial charge is 0.472 e. The molecular weight excluding hydrogens is 1380 g/mol. The van der Waals surface area contributed by atoms with Crippen molar-refractivity contribution in [3.8, 4) is 0 Å². The molecule has 19 heteroatoms. The van der Waals surface area contributed by atoms with Crippen LogP contribution in [0, 0.1) is 0 Å². The number of ether oxygens (including phenoxy) is 4. The summed E-state index contributed by atoms with van der Waals surface area (Å²) in [6, 6.07) is 0. The molecule has 106 heavy (non-hydrogen) atoms. The van der Waals surface area contributed by atoms with Gasteiger partial charge in [0.1, 0.15) is 19.3 Å². The standard InChI is InChI=1S/C87H144O17P2/c1-5-9-13-17-21-25-29-33-36-38-40-42-45-49-53-57-61-65-69-73-86(91)103-82(77-97-84(89)71-67-63-59-55-51-47-32-28-24-20-16-12-8-4)79-101-105(93,94)99-75-81(88)76-100-106(95,96)102-80-83(78-98-85(90)72-68-64-60-56-52-48-44-35-31-27-23-19-15-11-7-3)104-87(92)74-70-66-62-58-54-50-46-43-41-39-37-34-30-26-22-18-14-10-6-2/h21-23,25-28,32-37,40-44,49-50,53-54,61-62,65-66,81-83,88H,5-20,24,29-31,38-39,45-48,51-52,55-60,63-64,67-80H2,1-4H3,(H,93,94)(H,95,96)/b25-21-,26-22-,27-23-,32-28-,36-33-,37-34-,42-40-,43-41-,44-35-,53-49-,54-50-,65-61-,66-62-/t81-,82+,83+/m0/s1. The first kappa shape index (κ1) is 101. The minimum atomic E-state index is -5.01. The molecule has 0 fully saturated rings. The molecule has 604 valence electrons. The molecule has 0 aliphatic heterocycles. The van der Waals surface area contributed by atoms with Crippen molar-refractivity contribution < 1.29 is 80.2 Å². The topological polar surface area (TPSA) is 237 Å². The van der Waals surface area contributed by atoms with Crippen LogP contribution in [0.2, 0.25) is 0 Å². The molecule has 0 saturated heterocycles. The summed E-state index contributed by atoms with van der Waals surface area (Å²) in [5.41, 5.74) is 0. The zero-order valence-corrected chi connectivity index (χ0v) is 67.8. The molecule has 0 aromatic heterocycles. The van der Waals surface area contributed by atoms with E-state index in [1.165, 1.54) is 83.5 Å². The lowest BCUT2D eigenvalue weighted by Crippen LogP contribution is -2.30. The van der Waals surface area contributed by atoms with Crippen LogP contribution in [0.25, 0.3) is 0 Å². The number of carbonyl (C=O) groups is 4. The fraction of sp³-hybridized carbons (Fsp3) is 0.655. The molecule has 0 aliphatic carbocycles. The summed E-state index contributed by atoms with van der Waals surface area (Å²) in [6.45, 7) is 4.58. The van der Waals surface area contributed by atoms with Crippen LogP contribution in [0.5, 0.6) is 0 Å². The van der Waals surface area contributed by atoms with E-state index in [1.54, 1.807) is 0 Å². The Labute approximate surface area is 642 Å². The van der Waals surface area contributed by atoms with Crippen LogP contribution in [-0.2, 0) is 65.4 Å². The predicted octanol–water partition coefficient (Wildman–Crippen LogP) is 24.0. The monoisotopic (exact) mass is 1520 g/mol. The molecule has 0 amide bonds. The Morgan fingerprint density at radius 1 is 0.264 bits per heavy atom. The highest BCUT2D eigenvalue weighted by Gasteiger charge is 2.30. The Bertz CT molecular complexity index is 2630. The zero-order valence-electron chi connectivity index (χ0n) is 66.1. The average molecular weight is 1520 g/mol. The molecule has 3 N–H and O–H groups in total. The van der Waals surface area contributed by atoms with Crippen molar-refractivity contribution in [3.05, 3.63) is 158 Å². The lowest BCUT2D eigenvalue weighted by atomic mass is 10.1. The van der Waals surface area contributed by atoms with E-state index in [1.807, 2.05) is 36.5 Å². The maximum absolute atomic E-state index is 13.1. The number of carbonyl (C=O) groups excluding carboxylic acids is 4. The van der Waals surface area contributed by atoms with Crippen molar-refractivity contribution in [1.29, 1.82) is 0 Å². The van der Waals surface area contributed by atoms with E-state index in [-0.39, 0.29) is 25.7 Å². The molecule has 0 saturated carbocycles. The van der Waals surface area contributed by atoms with Crippen molar-refractivity contribution in [2.24, 2.45) is 0 Å². The van der Waals surface area contributed by atoms with Crippen molar-refractivity contribution >= 4 is 39.5 Å². The summed E-state index contributed by atoms with van der Waals surface area (Å²) < 4.78 is 68.4. The normalized spacial score (nSPS) is 14.7. The average Bonchev–Trinajstić information content (AvgIpc) is 1.23. The molecule has 0 aromatic rings. The van der Waals surface area contributed by atoms with Gasteiger partial charge in [0.05, 0.1) is 26.4 Å². The molecule has 2 unspecified atom stereocenters. The van der Waals surface area contributed by atoms with E-state index in [2.05, 4.69) is 149 Å². The van der Waals surface area contributed by atoms with Gasteiger partial charge in [-0.25, -0.2) is 9.13 Å². The maximum atomic E-state index is 13.1. The number of aliphatic hydroxyl groups is 1. The molecule has 0 radical (unpaired) electrons. The van der Waals surface area contributed by atoms with Gasteiger partial charge in [-0.3, -0.25) is 37.3 Å². The number of hydrogen-bond donors (Lipinski definition) is 3. The number of unbranched alkanes of at least 4 members (excludes halogenated alkanes) is 23. The number of rotatable bonds is 75. The first-order valence-corrected chi connectivity index (χ1v) is 43.7. The van der Waals surface area contributed by atoms with Gasteiger partial charge in [-0.05, 0) is 161 Å². The summed E-state index contributed by atoms with van der Waals surface area (Å²) in [5.74, 6) is -2.40. The first-order chi connectivity index (χ1) is 51.7. The lowest BCUT2D eigenvalue weighted by molar-refractivity contribution is -0.161. The number of allylic oxidation sites excluding steroid dienone is 26. The van der Waals surface area contributed by atoms with Crippen molar-refractivity contribution in [2.45, 2.75) is 329 Å². The van der Waals surface area contributed by atoms with Crippen molar-refractivity contribution in [2.75, 3.05) is 39.6 Å². The fourth-order valence-electron chi connectivity index (χ4n) is 10.2. The number of aliphatic hydroxyl groups excluding tert-OH is 1. The van der Waals surface area contributed by atoms with Gasteiger partial charge < -0.3 is 33.8 Å². The number of phosphoric acid groups is 2. The third-order valence-electron chi connectivity index (χ3n) is 16.5. The highest BCUT2D eigenvalue weighted by molar-refractivity contribution is 7.47. The summed E-state index contributed by atoms with van der Waals surface area (Å²) in [6.07, 6.45) is 91.1. The van der Waals surface area contributed by atoms with Crippen LogP contribution >= 0.6 is 15.6 Å². The Morgan fingerprint density at radius 2 is 0.481 bits per heavy atom. The van der Waals surface area contributed by atoms with Crippen LogP contribution < -0.4 is 0 Å². The number of phosphoric ester groups is 2. The zero-order chi connectivity index (χ0) is 77.4. The molecule has 0 spiro atoms. The second-order valence-corrected chi connectivity index (χ2v) is 29.5. The molecule has 5 atom stereocenters. The van der Waals surface area contributed by atoms with Gasteiger partial charge >= 0.3 is 39.5 Å². The first-order valence-electron chi connectivity index (χ1n) is 40.7. The SMILES string of the molecule is CCCCC/C=C\C/C=C\C/C=C\C/C=C\C/C=C\CCC(=O)O[C@H](COC(=O)CCCCCCC/C=C\C/C=C\CCCCC)COP(=O)(O)OC[C@@H](O)COP(=O)(O)OC[C@@H](COC(=O)CCCCCCC/C=C\CCCCCC)OC(=O)CC/C=C\C/C=C\C/C=C\C/C=C\C/C=C\CCCCC. The van der Waals surface area contributed by atoms with Crippen LogP contribution in [-0.4, -0.2) is 96.7 Å². The Morgan fingerprint density at radius 3 is 0.774 bits per heavy atom. The summed E-state index contributed by atoms with van der Waals surface area (Å²) in [4.78, 5) is 73.0. The minimum absolute atomic E-state index is 0.0366. The van der Waals surface area contributed by atoms with Crippen LogP contribution in [0.3, 0.4) is 0 Å². The number of hydrogen-bond acceptors (Lipinski definition) is 15. The Hall–Kier alpha value is -5.32. The van der Waals surface area contributed by atoms with Gasteiger partial charge in [0.2, 0.25) is 0 Å². The van der Waals surface area contributed by atoms with E-state index in [4.69, 9.17) is 37.0 Å². The molecule has 0 bridgehead atoms. The summed E-state index contributed by atoms with van der Waals surface area (Å²) in [5, 5.41) is 10.6. The van der Waals surface area contributed by atoms with E-state index in [9.17, 15) is 43.2 Å². The molecule has 17 nitrogen and oxygen atoms in total. The predicted molar refractivity (Wildman–Crippen MR) is 436 cm³/mol.